The van der Waals surface area contributed by atoms with Crippen molar-refractivity contribution in [3.8, 4) is 0 Å². The van der Waals surface area contributed by atoms with Crippen molar-refractivity contribution in [3.05, 3.63) is 24.0 Å². The summed E-state index contributed by atoms with van der Waals surface area (Å²) in [6, 6.07) is 0. The molecule has 0 bridgehead atoms. The van der Waals surface area contributed by atoms with Crippen LogP contribution in [-0.2, 0) is 9.53 Å². The molecule has 0 aromatic carbocycles. The molecule has 3 heteroatoms. The summed E-state index contributed by atoms with van der Waals surface area (Å²) in [4.78, 5) is 12.5. The molecule has 23 heavy (non-hydrogen) atoms. The van der Waals surface area contributed by atoms with Gasteiger partial charge in [0.15, 0.2) is 5.78 Å². The van der Waals surface area contributed by atoms with Crippen molar-refractivity contribution in [1.82, 2.24) is 0 Å². The Bertz CT molecular complexity index is 592. The van der Waals surface area contributed by atoms with E-state index in [0.29, 0.717) is 41.6 Å². The van der Waals surface area contributed by atoms with Gasteiger partial charge < -0.3 is 9.84 Å². The zero-order valence-corrected chi connectivity index (χ0v) is 14.4. The summed E-state index contributed by atoms with van der Waals surface area (Å²) in [5.41, 5.74) is 0.150. The van der Waals surface area contributed by atoms with Crippen molar-refractivity contribution in [2.75, 3.05) is 7.11 Å². The van der Waals surface area contributed by atoms with Crippen LogP contribution >= 0.6 is 0 Å². The smallest absolute Gasteiger partial charge is 0.162 e. The molecule has 2 unspecified atom stereocenters. The Morgan fingerprint density at radius 3 is 2.74 bits per heavy atom. The van der Waals surface area contributed by atoms with Crippen molar-refractivity contribution in [2.45, 2.75) is 52.1 Å². The van der Waals surface area contributed by atoms with E-state index >= 15 is 0 Å². The van der Waals surface area contributed by atoms with Gasteiger partial charge in [-0.2, -0.15) is 0 Å². The Morgan fingerprint density at radius 2 is 2.00 bits per heavy atom. The average Bonchev–Trinajstić information content (AvgIpc) is 2.77. The number of methoxy groups -OCH3 is 1. The maximum atomic E-state index is 12.5. The summed E-state index contributed by atoms with van der Waals surface area (Å²) >= 11 is 0. The molecule has 0 spiro atoms. The first-order valence-corrected chi connectivity index (χ1v) is 9.05. The third kappa shape index (κ3) is 1.95. The maximum absolute atomic E-state index is 12.5. The molecule has 0 radical (unpaired) electrons. The second-order valence-corrected chi connectivity index (χ2v) is 8.68. The minimum absolute atomic E-state index is 0.0204. The Morgan fingerprint density at radius 1 is 1.22 bits per heavy atom. The van der Waals surface area contributed by atoms with Crippen LogP contribution in [-0.4, -0.2) is 24.1 Å². The number of Topliss-reactive ketones (excluding diaryl/α,β-unsaturated/α-hetero) is 1. The molecule has 7 atom stereocenters. The average molecular weight is 316 g/mol. The van der Waals surface area contributed by atoms with Gasteiger partial charge in [0.1, 0.15) is 11.9 Å². The molecule has 3 nitrogen and oxygen atoms in total. The number of ketones is 1. The van der Waals surface area contributed by atoms with Crippen LogP contribution in [0.1, 0.15) is 46.0 Å². The van der Waals surface area contributed by atoms with Gasteiger partial charge in [-0.15, -0.1) is 0 Å². The lowest BCUT2D eigenvalue weighted by atomic mass is 9.47. The number of carbonyl (C=O) groups is 1. The molecule has 1 N–H and O–H groups in total. The number of carbonyl (C=O) groups excluding carboxylic acids is 1. The van der Waals surface area contributed by atoms with Gasteiger partial charge in [0.2, 0.25) is 0 Å². The molecule has 0 aliphatic heterocycles. The number of hydrogen-bond acceptors (Lipinski definition) is 3. The van der Waals surface area contributed by atoms with E-state index in [4.69, 9.17) is 4.74 Å². The Labute approximate surface area is 138 Å². The SMILES string of the molecule is COC1C(=O)C[C@H]2[C@@H]3CCC4C=C(O)C=C[C@]4(C)[C@@H]3CC[C@]12C. The predicted molar refractivity (Wildman–Crippen MR) is 88.9 cm³/mol. The first-order chi connectivity index (χ1) is 10.9. The van der Waals surface area contributed by atoms with Crippen molar-refractivity contribution < 1.29 is 14.6 Å². The van der Waals surface area contributed by atoms with Gasteiger partial charge in [-0.1, -0.05) is 19.9 Å². The Hall–Kier alpha value is -1.09. The van der Waals surface area contributed by atoms with Crippen LogP contribution in [0.5, 0.6) is 0 Å². The Balaban J connectivity index is 1.68. The summed E-state index contributed by atoms with van der Waals surface area (Å²) < 4.78 is 5.62. The highest BCUT2D eigenvalue weighted by Crippen LogP contribution is 2.64. The highest BCUT2D eigenvalue weighted by atomic mass is 16.5. The zero-order valence-electron chi connectivity index (χ0n) is 14.4. The number of allylic oxidation sites excluding steroid dienone is 3. The number of ether oxygens (including phenoxy) is 1. The highest BCUT2D eigenvalue weighted by Gasteiger charge is 2.61. The fraction of sp³-hybridized carbons (Fsp3) is 0.750. The van der Waals surface area contributed by atoms with Crippen LogP contribution in [0.25, 0.3) is 0 Å². The van der Waals surface area contributed by atoms with Crippen LogP contribution in [0, 0.1) is 34.5 Å². The molecule has 0 aromatic rings. The number of aliphatic hydroxyl groups excluding tert-OH is 1. The van der Waals surface area contributed by atoms with Gasteiger partial charge >= 0.3 is 0 Å². The third-order valence-electron chi connectivity index (χ3n) is 7.82. The fourth-order valence-corrected chi connectivity index (χ4v) is 6.61. The highest BCUT2D eigenvalue weighted by molar-refractivity contribution is 5.87. The predicted octanol–water partition coefficient (Wildman–Crippen LogP) is 4.05. The lowest BCUT2D eigenvalue weighted by Crippen LogP contribution is -2.52. The van der Waals surface area contributed by atoms with Crippen LogP contribution in [0.3, 0.4) is 0 Å². The van der Waals surface area contributed by atoms with E-state index in [1.165, 1.54) is 6.42 Å². The van der Waals surface area contributed by atoms with Crippen LogP contribution in [0.2, 0.25) is 0 Å². The van der Waals surface area contributed by atoms with E-state index in [1.807, 2.05) is 6.08 Å². The van der Waals surface area contributed by atoms with Crippen LogP contribution in [0.15, 0.2) is 24.0 Å². The molecule has 4 aliphatic rings. The molecular formula is C20H28O3. The second kappa shape index (κ2) is 4.95. The van der Waals surface area contributed by atoms with Crippen molar-refractivity contribution in [2.24, 2.45) is 34.5 Å². The Kier molecular flexibility index (Phi) is 3.32. The van der Waals surface area contributed by atoms with E-state index in [9.17, 15) is 9.90 Å². The van der Waals surface area contributed by atoms with Crippen molar-refractivity contribution in [1.29, 1.82) is 0 Å². The maximum Gasteiger partial charge on any atom is 0.162 e. The van der Waals surface area contributed by atoms with Crippen molar-refractivity contribution >= 4 is 5.78 Å². The molecule has 126 valence electrons. The zero-order chi connectivity index (χ0) is 16.4. The number of rotatable bonds is 1. The van der Waals surface area contributed by atoms with E-state index < -0.39 is 0 Å². The standard InChI is InChI=1S/C20H28O3/c1-19-8-6-13(21)10-12(19)4-5-14-15(19)7-9-20(2)16(14)11-17(22)18(20)23-3/h6,8,10,12,14-16,18,21H,4-5,7,9,11H2,1-3H3/t12?,14-,15-,16+,18?,19+,20+/m1/s1. The summed E-state index contributed by atoms with van der Waals surface area (Å²) in [6.45, 7) is 4.64. The fourth-order valence-electron chi connectivity index (χ4n) is 6.61. The van der Waals surface area contributed by atoms with Gasteiger partial charge in [0, 0.05) is 18.9 Å². The molecular weight excluding hydrogens is 288 g/mol. The minimum Gasteiger partial charge on any atom is -0.508 e. The first-order valence-electron chi connectivity index (χ1n) is 9.05. The molecule has 4 aliphatic carbocycles. The van der Waals surface area contributed by atoms with E-state index in [0.717, 1.165) is 19.3 Å². The monoisotopic (exact) mass is 316 g/mol. The molecule has 0 heterocycles. The molecule has 0 saturated heterocycles. The van der Waals surface area contributed by atoms with Gasteiger partial charge in [0.05, 0.1) is 0 Å². The third-order valence-corrected chi connectivity index (χ3v) is 7.82. The topological polar surface area (TPSA) is 46.5 Å². The summed E-state index contributed by atoms with van der Waals surface area (Å²) in [5.74, 6) is 2.85. The second-order valence-electron chi connectivity index (χ2n) is 8.68. The molecule has 3 saturated carbocycles. The first kappa shape index (κ1) is 15.4. The lowest BCUT2D eigenvalue weighted by molar-refractivity contribution is -0.132. The number of aliphatic hydroxyl groups is 1. The summed E-state index contributed by atoms with van der Waals surface area (Å²) in [6.07, 6.45) is 11.2. The number of fused-ring (bicyclic) bond motifs is 5. The van der Waals surface area contributed by atoms with Gasteiger partial charge in [-0.25, -0.2) is 0 Å². The van der Waals surface area contributed by atoms with Gasteiger partial charge in [0.25, 0.3) is 0 Å². The number of hydrogen-bond donors (Lipinski definition) is 1. The lowest BCUT2D eigenvalue weighted by Gasteiger charge is -2.57. The largest absolute Gasteiger partial charge is 0.508 e. The molecule has 0 aromatic heterocycles. The van der Waals surface area contributed by atoms with Crippen LogP contribution in [0.4, 0.5) is 0 Å². The molecule has 0 amide bonds. The summed E-state index contributed by atoms with van der Waals surface area (Å²) in [5, 5.41) is 9.86. The van der Waals surface area contributed by atoms with Crippen molar-refractivity contribution in [3.63, 3.8) is 0 Å². The van der Waals surface area contributed by atoms with Gasteiger partial charge in [-0.3, -0.25) is 4.79 Å². The minimum atomic E-state index is -0.204. The molecule has 3 fully saturated rings. The quantitative estimate of drug-likeness (QED) is 0.794. The van der Waals surface area contributed by atoms with E-state index in [1.54, 1.807) is 7.11 Å². The molecule has 4 rings (SSSR count). The van der Waals surface area contributed by atoms with E-state index in [-0.39, 0.29) is 16.9 Å². The van der Waals surface area contributed by atoms with E-state index in [2.05, 4.69) is 26.0 Å². The van der Waals surface area contributed by atoms with Gasteiger partial charge in [-0.05, 0) is 66.9 Å². The van der Waals surface area contributed by atoms with Crippen LogP contribution < -0.4 is 0 Å². The summed E-state index contributed by atoms with van der Waals surface area (Å²) in [7, 11) is 1.69. The normalized spacial score (nSPS) is 51.7.